The zero-order chi connectivity index (χ0) is 12.3. The molecule has 1 saturated heterocycles. The fourth-order valence-electron chi connectivity index (χ4n) is 2.04. The zero-order valence-electron chi connectivity index (χ0n) is 9.56. The summed E-state index contributed by atoms with van der Waals surface area (Å²) in [6.07, 6.45) is 0. The molecule has 1 aromatic carbocycles. The second-order valence-electron chi connectivity index (χ2n) is 4.29. The van der Waals surface area contributed by atoms with E-state index in [1.165, 1.54) is 0 Å². The van der Waals surface area contributed by atoms with Gasteiger partial charge in [0.15, 0.2) is 0 Å². The Hall–Kier alpha value is -0.145. The van der Waals surface area contributed by atoms with Crippen LogP contribution in [-0.4, -0.2) is 48.2 Å². The van der Waals surface area contributed by atoms with Crippen LogP contribution in [0, 0.1) is 3.57 Å². The van der Waals surface area contributed by atoms with E-state index in [0.29, 0.717) is 5.46 Å². The van der Waals surface area contributed by atoms with Crippen LogP contribution in [0.5, 0.6) is 0 Å². The van der Waals surface area contributed by atoms with Gasteiger partial charge in [-0.25, -0.2) is 0 Å². The lowest BCUT2D eigenvalue weighted by Crippen LogP contribution is -2.43. The van der Waals surface area contributed by atoms with E-state index in [-0.39, 0.29) is 0 Å². The van der Waals surface area contributed by atoms with Crippen molar-refractivity contribution in [3.05, 3.63) is 27.3 Å². The van der Waals surface area contributed by atoms with E-state index in [2.05, 4.69) is 38.9 Å². The van der Waals surface area contributed by atoms with Crippen molar-refractivity contribution in [3.8, 4) is 0 Å². The topological polar surface area (TPSA) is 55.7 Å². The highest BCUT2D eigenvalue weighted by molar-refractivity contribution is 14.1. The van der Waals surface area contributed by atoms with Gasteiger partial charge in [-0.3, -0.25) is 4.90 Å². The summed E-state index contributed by atoms with van der Waals surface area (Å²) in [4.78, 5) is 2.37. The first-order valence-corrected chi connectivity index (χ1v) is 6.81. The summed E-state index contributed by atoms with van der Waals surface area (Å²) in [6, 6.07) is 5.76. The Labute approximate surface area is 115 Å². The monoisotopic (exact) mass is 346 g/mol. The minimum atomic E-state index is -1.38. The lowest BCUT2D eigenvalue weighted by Gasteiger charge is -2.27. The van der Waals surface area contributed by atoms with E-state index in [4.69, 9.17) is 0 Å². The van der Waals surface area contributed by atoms with Crippen LogP contribution in [0.25, 0.3) is 0 Å². The molecular weight excluding hydrogens is 330 g/mol. The van der Waals surface area contributed by atoms with Gasteiger partial charge >= 0.3 is 7.12 Å². The predicted molar refractivity (Wildman–Crippen MR) is 77.1 cm³/mol. The number of hydrogen-bond acceptors (Lipinski definition) is 4. The molecule has 3 N–H and O–H groups in total. The predicted octanol–water partition coefficient (Wildman–Crippen LogP) is -0.624. The molecule has 1 heterocycles. The first-order valence-electron chi connectivity index (χ1n) is 5.74. The molecule has 0 spiro atoms. The van der Waals surface area contributed by atoms with Crippen LogP contribution < -0.4 is 10.8 Å². The summed E-state index contributed by atoms with van der Waals surface area (Å²) >= 11 is 2.21. The fourth-order valence-corrected chi connectivity index (χ4v) is 2.80. The smallest absolute Gasteiger partial charge is 0.423 e. The molecule has 92 valence electrons. The first-order chi connectivity index (χ1) is 8.15. The molecule has 4 nitrogen and oxygen atoms in total. The lowest BCUT2D eigenvalue weighted by molar-refractivity contribution is 0.233. The third-order valence-corrected chi connectivity index (χ3v) is 3.52. The van der Waals surface area contributed by atoms with E-state index in [9.17, 15) is 10.0 Å². The van der Waals surface area contributed by atoms with Crippen LogP contribution in [-0.2, 0) is 6.54 Å². The molecule has 0 amide bonds. The SMILES string of the molecule is OB(O)c1cc(I)cc(CN2CCNCC2)c1. The third kappa shape index (κ3) is 3.92. The molecule has 6 heteroatoms. The minimum Gasteiger partial charge on any atom is -0.423 e. The van der Waals surface area contributed by atoms with Gasteiger partial charge in [0.25, 0.3) is 0 Å². The molecule has 0 saturated carbocycles. The molecule has 1 aromatic rings. The Kier molecular flexibility index (Phi) is 4.81. The van der Waals surface area contributed by atoms with Crippen molar-refractivity contribution in [2.45, 2.75) is 6.54 Å². The number of hydrogen-bond donors (Lipinski definition) is 3. The Morgan fingerprint density at radius 3 is 2.59 bits per heavy atom. The zero-order valence-corrected chi connectivity index (χ0v) is 11.7. The van der Waals surface area contributed by atoms with Gasteiger partial charge in [-0.05, 0) is 45.7 Å². The maximum atomic E-state index is 9.21. The number of piperazine rings is 1. The fraction of sp³-hybridized carbons (Fsp3) is 0.455. The molecule has 0 unspecified atom stereocenters. The van der Waals surface area contributed by atoms with E-state index in [1.54, 1.807) is 6.07 Å². The van der Waals surface area contributed by atoms with E-state index in [1.807, 2.05) is 6.07 Å². The van der Waals surface area contributed by atoms with Gasteiger partial charge in [-0.2, -0.15) is 0 Å². The highest BCUT2D eigenvalue weighted by Gasteiger charge is 2.15. The largest absolute Gasteiger partial charge is 0.488 e. The Bertz CT molecular complexity index is 384. The standard InChI is InChI=1S/C11H16BIN2O2/c13-11-6-9(5-10(7-11)12(16)17)8-15-3-1-14-2-4-15/h5-7,14,16-17H,1-4,8H2. The van der Waals surface area contributed by atoms with E-state index >= 15 is 0 Å². The van der Waals surface area contributed by atoms with Crippen LogP contribution >= 0.6 is 22.6 Å². The summed E-state index contributed by atoms with van der Waals surface area (Å²) in [5, 5.41) is 21.7. The molecule has 0 radical (unpaired) electrons. The Morgan fingerprint density at radius 1 is 1.24 bits per heavy atom. The minimum absolute atomic E-state index is 0.571. The van der Waals surface area contributed by atoms with Gasteiger partial charge in [0.05, 0.1) is 0 Å². The van der Waals surface area contributed by atoms with Crippen molar-refractivity contribution >= 4 is 35.2 Å². The van der Waals surface area contributed by atoms with Crippen LogP contribution in [0.4, 0.5) is 0 Å². The molecule has 0 bridgehead atoms. The second-order valence-corrected chi connectivity index (χ2v) is 5.54. The van der Waals surface area contributed by atoms with Crippen molar-refractivity contribution in [2.75, 3.05) is 26.2 Å². The van der Waals surface area contributed by atoms with Crippen molar-refractivity contribution in [1.29, 1.82) is 0 Å². The second kappa shape index (κ2) is 6.15. The van der Waals surface area contributed by atoms with Crippen molar-refractivity contribution < 1.29 is 10.0 Å². The normalized spacial score (nSPS) is 17.1. The summed E-state index contributed by atoms with van der Waals surface area (Å²) in [6.45, 7) is 5.02. The van der Waals surface area contributed by atoms with Crippen LogP contribution in [0.3, 0.4) is 0 Å². The molecule has 1 fully saturated rings. The molecule has 0 atom stereocenters. The van der Waals surface area contributed by atoms with Gasteiger partial charge in [0.2, 0.25) is 0 Å². The summed E-state index contributed by atoms with van der Waals surface area (Å²) in [5.74, 6) is 0. The van der Waals surface area contributed by atoms with Crippen LogP contribution in [0.2, 0.25) is 0 Å². The number of benzene rings is 1. The molecule has 1 aliphatic rings. The van der Waals surface area contributed by atoms with Crippen molar-refractivity contribution in [3.63, 3.8) is 0 Å². The summed E-state index contributed by atoms with van der Waals surface area (Å²) in [7, 11) is -1.38. The average molecular weight is 346 g/mol. The highest BCUT2D eigenvalue weighted by Crippen LogP contribution is 2.10. The maximum absolute atomic E-state index is 9.21. The highest BCUT2D eigenvalue weighted by atomic mass is 127. The van der Waals surface area contributed by atoms with Gasteiger partial charge in [0, 0.05) is 36.3 Å². The number of nitrogens with one attached hydrogen (secondary N) is 1. The summed E-state index contributed by atoms with van der Waals surface area (Å²) in [5.41, 5.74) is 1.71. The maximum Gasteiger partial charge on any atom is 0.488 e. The number of rotatable bonds is 3. The molecular formula is C11H16BIN2O2. The van der Waals surface area contributed by atoms with Gasteiger partial charge in [-0.15, -0.1) is 0 Å². The average Bonchev–Trinajstić information content (AvgIpc) is 2.29. The summed E-state index contributed by atoms with van der Waals surface area (Å²) < 4.78 is 1.04. The Balaban J connectivity index is 2.09. The molecule has 0 aromatic heterocycles. The van der Waals surface area contributed by atoms with Crippen molar-refractivity contribution in [1.82, 2.24) is 10.2 Å². The molecule has 0 aliphatic carbocycles. The quantitative estimate of drug-likeness (QED) is 0.505. The van der Waals surface area contributed by atoms with Gasteiger partial charge in [-0.1, -0.05) is 6.07 Å². The van der Waals surface area contributed by atoms with Gasteiger partial charge < -0.3 is 15.4 Å². The van der Waals surface area contributed by atoms with Crippen LogP contribution in [0.15, 0.2) is 18.2 Å². The van der Waals surface area contributed by atoms with Gasteiger partial charge in [0.1, 0.15) is 0 Å². The third-order valence-electron chi connectivity index (χ3n) is 2.89. The molecule has 1 aliphatic heterocycles. The Morgan fingerprint density at radius 2 is 1.94 bits per heavy atom. The number of nitrogens with zero attached hydrogens (tertiary/aromatic N) is 1. The van der Waals surface area contributed by atoms with Crippen LogP contribution in [0.1, 0.15) is 5.56 Å². The van der Waals surface area contributed by atoms with E-state index < -0.39 is 7.12 Å². The van der Waals surface area contributed by atoms with E-state index in [0.717, 1.165) is 41.9 Å². The first kappa shape index (κ1) is 13.3. The van der Waals surface area contributed by atoms with Crippen molar-refractivity contribution in [2.24, 2.45) is 0 Å². The molecule has 17 heavy (non-hydrogen) atoms. The molecule has 2 rings (SSSR count). The lowest BCUT2D eigenvalue weighted by atomic mass is 9.79. The number of halogens is 1.